The summed E-state index contributed by atoms with van der Waals surface area (Å²) in [7, 11) is 1.85. The molecule has 0 bridgehead atoms. The SMILES string of the molecule is CCCCC(=O)N1CSCC1C(=O)NCCNC. The van der Waals surface area contributed by atoms with E-state index in [1.54, 1.807) is 16.7 Å². The number of carbonyl (C=O) groups excluding carboxylic acids is 2. The maximum Gasteiger partial charge on any atom is 0.243 e. The summed E-state index contributed by atoms with van der Waals surface area (Å²) in [5.74, 6) is 1.44. The molecule has 1 unspecified atom stereocenters. The Labute approximate surface area is 113 Å². The number of amides is 2. The highest BCUT2D eigenvalue weighted by Gasteiger charge is 2.33. The fourth-order valence-electron chi connectivity index (χ4n) is 1.81. The number of likely N-dealkylation sites (N-methyl/N-ethyl adjacent to an activating group) is 1. The van der Waals surface area contributed by atoms with Gasteiger partial charge in [-0.2, -0.15) is 0 Å². The van der Waals surface area contributed by atoms with Crippen molar-refractivity contribution in [2.45, 2.75) is 32.2 Å². The van der Waals surface area contributed by atoms with Crippen LogP contribution in [-0.4, -0.2) is 54.5 Å². The first kappa shape index (κ1) is 15.3. The van der Waals surface area contributed by atoms with Crippen LogP contribution in [0.3, 0.4) is 0 Å². The van der Waals surface area contributed by atoms with Gasteiger partial charge in [-0.3, -0.25) is 9.59 Å². The third-order valence-corrected chi connectivity index (χ3v) is 3.94. The van der Waals surface area contributed by atoms with Gasteiger partial charge in [0.05, 0.1) is 5.88 Å². The van der Waals surface area contributed by atoms with Crippen molar-refractivity contribution in [3.05, 3.63) is 0 Å². The van der Waals surface area contributed by atoms with E-state index in [0.29, 0.717) is 24.6 Å². The predicted molar refractivity (Wildman–Crippen MR) is 74.4 cm³/mol. The van der Waals surface area contributed by atoms with Gasteiger partial charge in [0, 0.05) is 25.3 Å². The smallest absolute Gasteiger partial charge is 0.243 e. The van der Waals surface area contributed by atoms with Crippen molar-refractivity contribution in [2.75, 3.05) is 31.8 Å². The first-order chi connectivity index (χ1) is 8.70. The molecule has 5 nitrogen and oxygen atoms in total. The zero-order chi connectivity index (χ0) is 13.4. The third kappa shape index (κ3) is 4.49. The van der Waals surface area contributed by atoms with E-state index >= 15 is 0 Å². The van der Waals surface area contributed by atoms with Crippen molar-refractivity contribution >= 4 is 23.6 Å². The summed E-state index contributed by atoms with van der Waals surface area (Å²) < 4.78 is 0. The van der Waals surface area contributed by atoms with Gasteiger partial charge in [0.25, 0.3) is 0 Å². The lowest BCUT2D eigenvalue weighted by molar-refractivity contribution is -0.138. The zero-order valence-corrected chi connectivity index (χ0v) is 12.0. The average Bonchev–Trinajstić information content (AvgIpc) is 2.85. The van der Waals surface area contributed by atoms with Gasteiger partial charge in [0.1, 0.15) is 6.04 Å². The number of unbranched alkanes of at least 4 members (excludes halogenated alkanes) is 1. The molecule has 1 rings (SSSR count). The normalized spacial score (nSPS) is 19.0. The largest absolute Gasteiger partial charge is 0.353 e. The monoisotopic (exact) mass is 273 g/mol. The molecular formula is C12H23N3O2S. The maximum absolute atomic E-state index is 12.0. The number of nitrogens with one attached hydrogen (secondary N) is 2. The Bertz CT molecular complexity index is 286. The third-order valence-electron chi connectivity index (χ3n) is 2.92. The highest BCUT2D eigenvalue weighted by atomic mass is 32.2. The minimum absolute atomic E-state index is 0.0277. The maximum atomic E-state index is 12.0. The number of nitrogens with zero attached hydrogens (tertiary/aromatic N) is 1. The summed E-state index contributed by atoms with van der Waals surface area (Å²) in [4.78, 5) is 25.6. The molecule has 6 heteroatoms. The van der Waals surface area contributed by atoms with Crippen molar-refractivity contribution in [3.8, 4) is 0 Å². The van der Waals surface area contributed by atoms with Crippen molar-refractivity contribution in [2.24, 2.45) is 0 Å². The van der Waals surface area contributed by atoms with Crippen molar-refractivity contribution in [3.63, 3.8) is 0 Å². The van der Waals surface area contributed by atoms with Gasteiger partial charge in [-0.1, -0.05) is 13.3 Å². The second-order valence-electron chi connectivity index (χ2n) is 4.38. The number of hydrogen-bond donors (Lipinski definition) is 2. The summed E-state index contributed by atoms with van der Waals surface area (Å²) in [6.07, 6.45) is 2.46. The molecule has 1 fully saturated rings. The minimum atomic E-state index is -0.281. The summed E-state index contributed by atoms with van der Waals surface area (Å²) >= 11 is 1.65. The number of thioether (sulfide) groups is 1. The topological polar surface area (TPSA) is 61.4 Å². The summed E-state index contributed by atoms with van der Waals surface area (Å²) in [5.41, 5.74) is 0. The van der Waals surface area contributed by atoms with Gasteiger partial charge in [0.15, 0.2) is 0 Å². The molecular weight excluding hydrogens is 250 g/mol. The van der Waals surface area contributed by atoms with E-state index in [1.807, 2.05) is 7.05 Å². The zero-order valence-electron chi connectivity index (χ0n) is 11.2. The molecule has 1 aliphatic rings. The van der Waals surface area contributed by atoms with Crippen LogP contribution in [0.5, 0.6) is 0 Å². The molecule has 0 aromatic heterocycles. The summed E-state index contributed by atoms with van der Waals surface area (Å²) in [6.45, 7) is 3.41. The average molecular weight is 273 g/mol. The molecule has 18 heavy (non-hydrogen) atoms. The van der Waals surface area contributed by atoms with Crippen LogP contribution >= 0.6 is 11.8 Å². The van der Waals surface area contributed by atoms with Crippen molar-refractivity contribution in [1.82, 2.24) is 15.5 Å². The minimum Gasteiger partial charge on any atom is -0.353 e. The molecule has 0 spiro atoms. The van der Waals surface area contributed by atoms with E-state index < -0.39 is 0 Å². The lowest BCUT2D eigenvalue weighted by atomic mass is 10.2. The van der Waals surface area contributed by atoms with Crippen LogP contribution in [0.25, 0.3) is 0 Å². The molecule has 0 aromatic rings. The Hall–Kier alpha value is -0.750. The van der Waals surface area contributed by atoms with Crippen LogP contribution in [0.15, 0.2) is 0 Å². The fraction of sp³-hybridized carbons (Fsp3) is 0.833. The van der Waals surface area contributed by atoms with Crippen LogP contribution in [0, 0.1) is 0 Å². The van der Waals surface area contributed by atoms with E-state index in [-0.39, 0.29) is 17.9 Å². The molecule has 0 aliphatic carbocycles. The van der Waals surface area contributed by atoms with Crippen LogP contribution < -0.4 is 10.6 Å². The molecule has 0 radical (unpaired) electrons. The van der Waals surface area contributed by atoms with E-state index in [0.717, 1.165) is 19.4 Å². The fourth-order valence-corrected chi connectivity index (χ4v) is 2.99. The van der Waals surface area contributed by atoms with Crippen LogP contribution in [0.4, 0.5) is 0 Å². The van der Waals surface area contributed by atoms with Gasteiger partial charge in [0.2, 0.25) is 11.8 Å². The van der Waals surface area contributed by atoms with Gasteiger partial charge >= 0.3 is 0 Å². The molecule has 1 saturated heterocycles. The lowest BCUT2D eigenvalue weighted by Gasteiger charge is -2.23. The molecule has 1 atom stereocenters. The van der Waals surface area contributed by atoms with E-state index in [2.05, 4.69) is 17.6 Å². The first-order valence-electron chi connectivity index (χ1n) is 6.50. The number of hydrogen-bond acceptors (Lipinski definition) is 4. The summed E-state index contributed by atoms with van der Waals surface area (Å²) in [6, 6.07) is -0.281. The Morgan fingerprint density at radius 3 is 2.83 bits per heavy atom. The highest BCUT2D eigenvalue weighted by Crippen LogP contribution is 2.22. The number of carbonyl (C=O) groups is 2. The molecule has 104 valence electrons. The summed E-state index contributed by atoms with van der Waals surface area (Å²) in [5, 5.41) is 5.83. The van der Waals surface area contributed by atoms with E-state index in [4.69, 9.17) is 0 Å². The lowest BCUT2D eigenvalue weighted by Crippen LogP contribution is -2.48. The molecule has 0 saturated carbocycles. The molecule has 2 N–H and O–H groups in total. The van der Waals surface area contributed by atoms with Crippen molar-refractivity contribution in [1.29, 1.82) is 0 Å². The first-order valence-corrected chi connectivity index (χ1v) is 7.65. The Morgan fingerprint density at radius 1 is 1.39 bits per heavy atom. The highest BCUT2D eigenvalue weighted by molar-refractivity contribution is 7.99. The predicted octanol–water partition coefficient (Wildman–Crippen LogP) is 0.414. The van der Waals surface area contributed by atoms with Gasteiger partial charge in [-0.05, 0) is 13.5 Å². The Kier molecular flexibility index (Phi) is 7.12. The second kappa shape index (κ2) is 8.37. The van der Waals surface area contributed by atoms with Gasteiger partial charge < -0.3 is 15.5 Å². The van der Waals surface area contributed by atoms with E-state index in [9.17, 15) is 9.59 Å². The standard InChI is InChI=1S/C12H23N3O2S/c1-3-4-5-11(16)15-9-18-8-10(15)12(17)14-7-6-13-2/h10,13H,3-9H2,1-2H3,(H,14,17). The Morgan fingerprint density at radius 2 is 2.17 bits per heavy atom. The second-order valence-corrected chi connectivity index (χ2v) is 5.38. The number of rotatable bonds is 7. The molecule has 2 amide bonds. The van der Waals surface area contributed by atoms with Gasteiger partial charge in [-0.25, -0.2) is 0 Å². The van der Waals surface area contributed by atoms with Crippen LogP contribution in [0.1, 0.15) is 26.2 Å². The van der Waals surface area contributed by atoms with Crippen molar-refractivity contribution < 1.29 is 9.59 Å². The van der Waals surface area contributed by atoms with Gasteiger partial charge in [-0.15, -0.1) is 11.8 Å². The van der Waals surface area contributed by atoms with E-state index in [1.165, 1.54) is 0 Å². The van der Waals surface area contributed by atoms with Crippen LogP contribution in [0.2, 0.25) is 0 Å². The molecule has 0 aromatic carbocycles. The molecule has 1 heterocycles. The van der Waals surface area contributed by atoms with Crippen LogP contribution in [-0.2, 0) is 9.59 Å². The quantitative estimate of drug-likeness (QED) is 0.660. The Balaban J connectivity index is 2.43. The molecule has 1 aliphatic heterocycles.